The zero-order chi connectivity index (χ0) is 11.1. The van der Waals surface area contributed by atoms with Crippen molar-refractivity contribution in [1.29, 1.82) is 5.26 Å². The molecule has 0 spiro atoms. The van der Waals surface area contributed by atoms with E-state index in [2.05, 4.69) is 45.8 Å². The highest BCUT2D eigenvalue weighted by atomic mass is 79.9. The smallest absolute Gasteiger partial charge is 0.148 e. The van der Waals surface area contributed by atoms with Crippen molar-refractivity contribution in [2.45, 2.75) is 32.1 Å². The maximum absolute atomic E-state index is 9.25. The minimum absolute atomic E-state index is 0.242. The maximum atomic E-state index is 9.25. The van der Waals surface area contributed by atoms with Gasteiger partial charge in [-0.15, -0.1) is 0 Å². The average molecular weight is 266 g/mol. The predicted octanol–water partition coefficient (Wildman–Crippen LogP) is 2.82. The number of nitrogens with zero attached hydrogens (tertiary/aromatic N) is 3. The van der Waals surface area contributed by atoms with E-state index in [4.69, 9.17) is 0 Å². The van der Waals surface area contributed by atoms with Gasteiger partial charge in [0, 0.05) is 12.4 Å². The van der Waals surface area contributed by atoms with E-state index < -0.39 is 5.41 Å². The lowest BCUT2D eigenvalue weighted by atomic mass is 9.54. The Morgan fingerprint density at radius 2 is 1.87 bits per heavy atom. The largest absolute Gasteiger partial charge is 0.238 e. The minimum Gasteiger partial charge on any atom is -0.238 e. The molecule has 1 aromatic heterocycles. The van der Waals surface area contributed by atoms with Gasteiger partial charge in [0.05, 0.1) is 10.5 Å². The Morgan fingerprint density at radius 3 is 2.27 bits per heavy atom. The molecule has 0 bridgehead atoms. The van der Waals surface area contributed by atoms with E-state index in [1.54, 1.807) is 12.4 Å². The number of halogens is 1. The normalized spacial score (nSPS) is 21.5. The van der Waals surface area contributed by atoms with E-state index in [0.29, 0.717) is 5.82 Å². The van der Waals surface area contributed by atoms with Crippen LogP contribution in [0.1, 0.15) is 32.5 Å². The first kappa shape index (κ1) is 10.6. The molecule has 1 fully saturated rings. The molecule has 4 heteroatoms. The molecule has 0 saturated heterocycles. The van der Waals surface area contributed by atoms with Gasteiger partial charge < -0.3 is 0 Å². The summed E-state index contributed by atoms with van der Waals surface area (Å²) >= 11 is 3.29. The molecule has 1 heterocycles. The van der Waals surface area contributed by atoms with Gasteiger partial charge in [-0.25, -0.2) is 9.97 Å². The summed E-state index contributed by atoms with van der Waals surface area (Å²) in [6, 6.07) is 2.37. The summed E-state index contributed by atoms with van der Waals surface area (Å²) in [4.78, 5) is 8.46. The summed E-state index contributed by atoms with van der Waals surface area (Å²) in [6.07, 6.45) is 5.09. The van der Waals surface area contributed by atoms with E-state index in [1.165, 1.54) is 0 Å². The van der Waals surface area contributed by atoms with Crippen LogP contribution in [0.3, 0.4) is 0 Å². The van der Waals surface area contributed by atoms with Crippen molar-refractivity contribution in [3.63, 3.8) is 0 Å². The standard InChI is InChI=1S/C11H12BrN3/c1-10(2)5-11(6-10,7-13)9-14-3-8(12)4-15-9/h3-4H,5-6H2,1-2H3. The zero-order valence-corrected chi connectivity index (χ0v) is 10.4. The van der Waals surface area contributed by atoms with Crippen LogP contribution in [0, 0.1) is 16.7 Å². The van der Waals surface area contributed by atoms with Crippen LogP contribution in [0.2, 0.25) is 0 Å². The average Bonchev–Trinajstić information content (AvgIpc) is 2.14. The van der Waals surface area contributed by atoms with E-state index in [9.17, 15) is 5.26 Å². The first-order chi connectivity index (χ1) is 6.97. The molecule has 78 valence electrons. The highest BCUT2D eigenvalue weighted by molar-refractivity contribution is 9.10. The molecule has 0 amide bonds. The molecule has 15 heavy (non-hydrogen) atoms. The number of hydrogen-bond acceptors (Lipinski definition) is 3. The second-order valence-electron chi connectivity index (χ2n) is 4.94. The Kier molecular flexibility index (Phi) is 2.31. The monoisotopic (exact) mass is 265 g/mol. The zero-order valence-electron chi connectivity index (χ0n) is 8.79. The quantitative estimate of drug-likeness (QED) is 0.785. The van der Waals surface area contributed by atoms with Gasteiger partial charge >= 0.3 is 0 Å². The Morgan fingerprint density at radius 1 is 1.33 bits per heavy atom. The Hall–Kier alpha value is -0.950. The van der Waals surface area contributed by atoms with E-state index in [-0.39, 0.29) is 5.41 Å². The van der Waals surface area contributed by atoms with Crippen molar-refractivity contribution < 1.29 is 0 Å². The summed E-state index contributed by atoms with van der Waals surface area (Å²) in [5.74, 6) is 0.660. The summed E-state index contributed by atoms with van der Waals surface area (Å²) < 4.78 is 0.845. The van der Waals surface area contributed by atoms with Gasteiger partial charge in [-0.3, -0.25) is 0 Å². The third-order valence-electron chi connectivity index (χ3n) is 2.82. The fourth-order valence-electron chi connectivity index (χ4n) is 2.43. The molecule has 0 aromatic carbocycles. The lowest BCUT2D eigenvalue weighted by Crippen LogP contribution is -2.46. The van der Waals surface area contributed by atoms with Crippen LogP contribution >= 0.6 is 15.9 Å². The van der Waals surface area contributed by atoms with Gasteiger partial charge in [0.15, 0.2) is 0 Å². The van der Waals surface area contributed by atoms with Gasteiger partial charge in [0.1, 0.15) is 11.2 Å². The van der Waals surface area contributed by atoms with Crippen molar-refractivity contribution in [2.24, 2.45) is 5.41 Å². The molecule has 0 radical (unpaired) electrons. The molecule has 0 aliphatic heterocycles. The molecule has 0 N–H and O–H groups in total. The lowest BCUT2D eigenvalue weighted by Gasteiger charge is -2.47. The van der Waals surface area contributed by atoms with Crippen molar-refractivity contribution in [3.8, 4) is 6.07 Å². The van der Waals surface area contributed by atoms with Gasteiger partial charge in [-0.2, -0.15) is 5.26 Å². The lowest BCUT2D eigenvalue weighted by molar-refractivity contribution is 0.0931. The molecule has 2 rings (SSSR count). The van der Waals surface area contributed by atoms with Crippen LogP contribution in [0.5, 0.6) is 0 Å². The molecule has 1 saturated carbocycles. The van der Waals surface area contributed by atoms with Crippen molar-refractivity contribution in [3.05, 3.63) is 22.7 Å². The van der Waals surface area contributed by atoms with E-state index >= 15 is 0 Å². The summed E-state index contributed by atoms with van der Waals surface area (Å²) in [5, 5.41) is 9.25. The van der Waals surface area contributed by atoms with Crippen LogP contribution < -0.4 is 0 Å². The van der Waals surface area contributed by atoms with Crippen LogP contribution in [-0.2, 0) is 5.41 Å². The Bertz CT molecular complexity index is 408. The van der Waals surface area contributed by atoms with Crippen molar-refractivity contribution in [2.75, 3.05) is 0 Å². The van der Waals surface area contributed by atoms with Crippen LogP contribution in [-0.4, -0.2) is 9.97 Å². The maximum Gasteiger partial charge on any atom is 0.148 e. The third kappa shape index (κ3) is 1.76. The topological polar surface area (TPSA) is 49.6 Å². The third-order valence-corrected chi connectivity index (χ3v) is 3.23. The minimum atomic E-state index is -0.454. The molecule has 1 aliphatic rings. The fourth-order valence-corrected chi connectivity index (χ4v) is 2.63. The number of rotatable bonds is 1. The molecule has 3 nitrogen and oxygen atoms in total. The first-order valence-electron chi connectivity index (χ1n) is 4.87. The first-order valence-corrected chi connectivity index (χ1v) is 5.66. The number of hydrogen-bond donors (Lipinski definition) is 0. The molecule has 0 atom stereocenters. The number of aromatic nitrogens is 2. The molecule has 0 unspecified atom stereocenters. The van der Waals surface area contributed by atoms with E-state index in [1.807, 2.05) is 0 Å². The predicted molar refractivity (Wildman–Crippen MR) is 60.0 cm³/mol. The summed E-state index contributed by atoms with van der Waals surface area (Å²) in [5.41, 5.74) is -0.212. The fraction of sp³-hybridized carbons (Fsp3) is 0.545. The molecular formula is C11H12BrN3. The molecule has 1 aliphatic carbocycles. The SMILES string of the molecule is CC1(C)CC(C#N)(c2ncc(Br)cn2)C1. The van der Waals surface area contributed by atoms with Crippen LogP contribution in [0.4, 0.5) is 0 Å². The van der Waals surface area contributed by atoms with Crippen LogP contribution in [0.15, 0.2) is 16.9 Å². The second-order valence-corrected chi connectivity index (χ2v) is 5.85. The van der Waals surface area contributed by atoms with Crippen LogP contribution in [0.25, 0.3) is 0 Å². The second kappa shape index (κ2) is 3.28. The van der Waals surface area contributed by atoms with E-state index in [0.717, 1.165) is 17.3 Å². The summed E-state index contributed by atoms with van der Waals surface area (Å²) in [7, 11) is 0. The van der Waals surface area contributed by atoms with Gasteiger partial charge in [0.2, 0.25) is 0 Å². The number of nitriles is 1. The van der Waals surface area contributed by atoms with Gasteiger partial charge in [0.25, 0.3) is 0 Å². The molecular weight excluding hydrogens is 254 g/mol. The van der Waals surface area contributed by atoms with Crippen molar-refractivity contribution >= 4 is 15.9 Å². The van der Waals surface area contributed by atoms with Gasteiger partial charge in [-0.05, 0) is 34.2 Å². The Labute approximate surface area is 97.7 Å². The van der Waals surface area contributed by atoms with Gasteiger partial charge in [-0.1, -0.05) is 13.8 Å². The van der Waals surface area contributed by atoms with Crippen molar-refractivity contribution in [1.82, 2.24) is 9.97 Å². The highest BCUT2D eigenvalue weighted by Gasteiger charge is 2.52. The summed E-state index contributed by atoms with van der Waals surface area (Å²) in [6.45, 7) is 4.34. The molecule has 1 aromatic rings. The Balaban J connectivity index is 2.31. The highest BCUT2D eigenvalue weighted by Crippen LogP contribution is 2.53.